The average Bonchev–Trinajstić information content (AvgIpc) is 2.66. The van der Waals surface area contributed by atoms with Gasteiger partial charge < -0.3 is 9.47 Å². The Morgan fingerprint density at radius 2 is 1.59 bits per heavy atom. The predicted molar refractivity (Wildman–Crippen MR) is 104 cm³/mol. The molecule has 144 valence electrons. The number of hydrazine groups is 1. The van der Waals surface area contributed by atoms with Crippen LogP contribution in [-0.4, -0.2) is 25.0 Å². The highest BCUT2D eigenvalue weighted by atomic mass is 16.5. The van der Waals surface area contributed by atoms with E-state index in [4.69, 9.17) is 9.47 Å². The van der Waals surface area contributed by atoms with Crippen LogP contribution in [0.2, 0.25) is 0 Å². The smallest absolute Gasteiger partial charge is 0.276 e. The Morgan fingerprint density at radius 1 is 0.926 bits per heavy atom. The van der Waals surface area contributed by atoms with Gasteiger partial charge in [0, 0.05) is 5.56 Å². The first-order valence-corrected chi connectivity index (χ1v) is 9.02. The number of hydrogen-bond acceptors (Lipinski definition) is 4. The largest absolute Gasteiger partial charge is 0.494 e. The van der Waals surface area contributed by atoms with E-state index in [2.05, 4.69) is 17.8 Å². The molecule has 2 amide bonds. The number of hydrogen-bond donors (Lipinski definition) is 2. The van der Waals surface area contributed by atoms with Crippen molar-refractivity contribution < 1.29 is 19.1 Å². The minimum Gasteiger partial charge on any atom is -0.494 e. The highest BCUT2D eigenvalue weighted by Crippen LogP contribution is 2.22. The fraction of sp³-hybridized carbons (Fsp3) is 0.333. The van der Waals surface area contributed by atoms with Crippen molar-refractivity contribution in [3.63, 3.8) is 0 Å². The van der Waals surface area contributed by atoms with Crippen LogP contribution in [0.1, 0.15) is 41.3 Å². The first kappa shape index (κ1) is 20.3. The van der Waals surface area contributed by atoms with E-state index in [-0.39, 0.29) is 6.61 Å². The summed E-state index contributed by atoms with van der Waals surface area (Å²) in [4.78, 5) is 24.0. The summed E-state index contributed by atoms with van der Waals surface area (Å²) in [5, 5.41) is 0. The lowest BCUT2D eigenvalue weighted by Gasteiger charge is -2.12. The molecule has 0 atom stereocenters. The third-order valence-electron chi connectivity index (χ3n) is 3.95. The Balaban J connectivity index is 1.78. The fourth-order valence-electron chi connectivity index (χ4n) is 2.44. The number of unbranched alkanes of at least 4 members (excludes halogenated alkanes) is 1. The van der Waals surface area contributed by atoms with Gasteiger partial charge in [-0.1, -0.05) is 31.5 Å². The molecule has 0 saturated heterocycles. The van der Waals surface area contributed by atoms with Gasteiger partial charge in [-0.15, -0.1) is 0 Å². The number of carbonyl (C=O) groups is 2. The third kappa shape index (κ3) is 6.33. The highest BCUT2D eigenvalue weighted by molar-refractivity contribution is 5.95. The number of aryl methyl sites for hydroxylation is 2. The van der Waals surface area contributed by atoms with Gasteiger partial charge in [0.15, 0.2) is 6.61 Å². The zero-order chi connectivity index (χ0) is 19.6. The highest BCUT2D eigenvalue weighted by Gasteiger charge is 2.10. The molecule has 0 saturated carbocycles. The van der Waals surface area contributed by atoms with Crippen LogP contribution < -0.4 is 20.3 Å². The molecule has 2 aromatic rings. The second kappa shape index (κ2) is 10.2. The standard InChI is InChI=1S/C21H26N2O4/c1-4-5-13-26-18-11-9-17(10-12-18)21(25)23-22-19(24)14-27-20-15(2)7-6-8-16(20)3/h6-12H,4-5,13-14H2,1-3H3,(H,22,24)(H,23,25). The van der Waals surface area contributed by atoms with Crippen LogP contribution in [0.15, 0.2) is 42.5 Å². The molecule has 0 radical (unpaired) electrons. The van der Waals surface area contributed by atoms with E-state index < -0.39 is 11.8 Å². The van der Waals surface area contributed by atoms with Gasteiger partial charge in [-0.2, -0.15) is 0 Å². The van der Waals surface area contributed by atoms with Crippen molar-refractivity contribution in [3.05, 3.63) is 59.2 Å². The van der Waals surface area contributed by atoms with Gasteiger partial charge in [-0.05, 0) is 55.7 Å². The summed E-state index contributed by atoms with van der Waals surface area (Å²) in [5.74, 6) is 0.546. The first-order chi connectivity index (χ1) is 13.0. The molecule has 0 aliphatic heterocycles. The van der Waals surface area contributed by atoms with Gasteiger partial charge >= 0.3 is 0 Å². The van der Waals surface area contributed by atoms with Crippen LogP contribution in [0.4, 0.5) is 0 Å². The van der Waals surface area contributed by atoms with Gasteiger partial charge in [0.1, 0.15) is 11.5 Å². The van der Waals surface area contributed by atoms with Gasteiger partial charge in [0.2, 0.25) is 0 Å². The molecule has 2 N–H and O–H groups in total. The summed E-state index contributed by atoms with van der Waals surface area (Å²) in [7, 11) is 0. The van der Waals surface area contributed by atoms with E-state index in [1.807, 2.05) is 32.0 Å². The zero-order valence-corrected chi connectivity index (χ0v) is 16.0. The van der Waals surface area contributed by atoms with Gasteiger partial charge in [0.05, 0.1) is 6.61 Å². The maximum Gasteiger partial charge on any atom is 0.276 e. The van der Waals surface area contributed by atoms with Gasteiger partial charge in [0.25, 0.3) is 11.8 Å². The molecule has 2 aromatic carbocycles. The molecule has 0 aliphatic rings. The third-order valence-corrected chi connectivity index (χ3v) is 3.95. The quantitative estimate of drug-likeness (QED) is 0.552. The maximum absolute atomic E-state index is 12.1. The second-order valence-electron chi connectivity index (χ2n) is 6.24. The predicted octanol–water partition coefficient (Wildman–Crippen LogP) is 3.32. The van der Waals surface area contributed by atoms with E-state index >= 15 is 0 Å². The number of ether oxygens (including phenoxy) is 2. The molecule has 6 heteroatoms. The number of benzene rings is 2. The Hall–Kier alpha value is -3.02. The molecule has 27 heavy (non-hydrogen) atoms. The average molecular weight is 370 g/mol. The van der Waals surface area contributed by atoms with Gasteiger partial charge in [-0.25, -0.2) is 0 Å². The molecule has 0 fully saturated rings. The summed E-state index contributed by atoms with van der Waals surface area (Å²) in [6, 6.07) is 12.5. The van der Waals surface area contributed by atoms with E-state index in [0.717, 1.165) is 24.0 Å². The molecule has 0 heterocycles. The summed E-state index contributed by atoms with van der Waals surface area (Å²) < 4.78 is 11.1. The number of carbonyl (C=O) groups excluding carboxylic acids is 2. The Morgan fingerprint density at radius 3 is 2.22 bits per heavy atom. The van der Waals surface area contributed by atoms with Crippen molar-refractivity contribution in [2.75, 3.05) is 13.2 Å². The van der Waals surface area contributed by atoms with Crippen molar-refractivity contribution in [1.82, 2.24) is 10.9 Å². The van der Waals surface area contributed by atoms with Crippen molar-refractivity contribution in [3.8, 4) is 11.5 Å². The summed E-state index contributed by atoms with van der Waals surface area (Å²) in [5.41, 5.74) is 7.06. The Bertz CT molecular complexity index is 752. The molecule has 0 bridgehead atoms. The summed E-state index contributed by atoms with van der Waals surface area (Å²) >= 11 is 0. The molecule has 0 spiro atoms. The van der Waals surface area contributed by atoms with Crippen molar-refractivity contribution in [1.29, 1.82) is 0 Å². The van der Waals surface area contributed by atoms with Crippen LogP contribution in [0, 0.1) is 13.8 Å². The topological polar surface area (TPSA) is 76.7 Å². The minimum absolute atomic E-state index is 0.184. The molecule has 0 aliphatic carbocycles. The van der Waals surface area contributed by atoms with Crippen LogP contribution in [0.3, 0.4) is 0 Å². The van der Waals surface area contributed by atoms with E-state index in [1.165, 1.54) is 0 Å². The van der Waals surface area contributed by atoms with E-state index in [9.17, 15) is 9.59 Å². The molecule has 0 aromatic heterocycles. The van der Waals surface area contributed by atoms with E-state index in [0.29, 0.717) is 23.7 Å². The summed E-state index contributed by atoms with van der Waals surface area (Å²) in [6.45, 7) is 6.39. The Labute approximate surface area is 159 Å². The Kier molecular flexibility index (Phi) is 7.67. The van der Waals surface area contributed by atoms with Crippen LogP contribution >= 0.6 is 0 Å². The number of amides is 2. The molecule has 6 nitrogen and oxygen atoms in total. The van der Waals surface area contributed by atoms with Crippen molar-refractivity contribution in [2.24, 2.45) is 0 Å². The van der Waals surface area contributed by atoms with Gasteiger partial charge in [-0.3, -0.25) is 20.4 Å². The zero-order valence-electron chi connectivity index (χ0n) is 16.0. The minimum atomic E-state index is -0.439. The second-order valence-corrected chi connectivity index (χ2v) is 6.24. The lowest BCUT2D eigenvalue weighted by atomic mass is 10.1. The molecule has 2 rings (SSSR count). The number of para-hydroxylation sites is 1. The molecule has 0 unspecified atom stereocenters. The van der Waals surface area contributed by atoms with Crippen molar-refractivity contribution in [2.45, 2.75) is 33.6 Å². The van der Waals surface area contributed by atoms with E-state index in [1.54, 1.807) is 24.3 Å². The number of nitrogens with one attached hydrogen (secondary N) is 2. The maximum atomic E-state index is 12.1. The number of rotatable bonds is 8. The van der Waals surface area contributed by atoms with Crippen molar-refractivity contribution >= 4 is 11.8 Å². The lowest BCUT2D eigenvalue weighted by molar-refractivity contribution is -0.123. The summed E-state index contributed by atoms with van der Waals surface area (Å²) in [6.07, 6.45) is 2.05. The first-order valence-electron chi connectivity index (χ1n) is 9.02. The molecular formula is C21H26N2O4. The SMILES string of the molecule is CCCCOc1ccc(C(=O)NNC(=O)COc2c(C)cccc2C)cc1. The normalized spacial score (nSPS) is 10.2. The van der Waals surface area contributed by atoms with Crippen LogP contribution in [0.25, 0.3) is 0 Å². The lowest BCUT2D eigenvalue weighted by Crippen LogP contribution is -2.43. The van der Waals surface area contributed by atoms with Crippen LogP contribution in [-0.2, 0) is 4.79 Å². The van der Waals surface area contributed by atoms with Crippen LogP contribution in [0.5, 0.6) is 11.5 Å². The molecular weight excluding hydrogens is 344 g/mol. The monoisotopic (exact) mass is 370 g/mol. The fourth-order valence-corrected chi connectivity index (χ4v) is 2.44.